The van der Waals surface area contributed by atoms with Gasteiger partial charge in [-0.25, -0.2) is 0 Å². The van der Waals surface area contributed by atoms with Crippen LogP contribution in [0.1, 0.15) is 194 Å². The molecule has 0 bridgehead atoms. The minimum atomic E-state index is -1.66. The number of rotatable bonds is 37. The third kappa shape index (κ3) is 25.1. The summed E-state index contributed by atoms with van der Waals surface area (Å²) in [4.78, 5) is 13.0. The van der Waals surface area contributed by atoms with Crippen LogP contribution >= 0.6 is 0 Å². The van der Waals surface area contributed by atoms with Gasteiger partial charge in [-0.15, -0.1) is 0 Å². The molecule has 1 rings (SSSR count). The molecule has 0 aromatic carbocycles. The maximum absolute atomic E-state index is 13.0. The van der Waals surface area contributed by atoms with Crippen molar-refractivity contribution >= 4 is 5.91 Å². The topological polar surface area (TPSA) is 189 Å². The van der Waals surface area contributed by atoms with Crippen LogP contribution in [0.3, 0.4) is 0 Å². The molecule has 0 aromatic rings. The fraction of sp³-hybridized carbons (Fsp3) is 0.932. The highest BCUT2D eigenvalue weighted by molar-refractivity contribution is 5.80. The van der Waals surface area contributed by atoms with E-state index in [2.05, 4.69) is 31.3 Å². The van der Waals surface area contributed by atoms with Gasteiger partial charge in [0.25, 0.3) is 0 Å². The summed E-state index contributed by atoms with van der Waals surface area (Å²) in [6, 6.07) is -1.18. The van der Waals surface area contributed by atoms with Gasteiger partial charge in [0, 0.05) is 0 Å². The zero-order chi connectivity index (χ0) is 40.5. The Morgan fingerprint density at radius 3 is 1.56 bits per heavy atom. The molecule has 1 aliphatic rings. The number of allylic oxidation sites excluding steroid dienone is 2. The minimum Gasteiger partial charge on any atom is -0.394 e. The molecular formula is C44H85NO10. The summed E-state index contributed by atoms with van der Waals surface area (Å²) in [7, 11) is 0. The second kappa shape index (κ2) is 34.9. The van der Waals surface area contributed by atoms with Crippen molar-refractivity contribution in [2.75, 3.05) is 13.2 Å². The van der Waals surface area contributed by atoms with Crippen molar-refractivity contribution in [1.29, 1.82) is 0 Å². The molecule has 11 nitrogen and oxygen atoms in total. The molecule has 1 aliphatic heterocycles. The monoisotopic (exact) mass is 788 g/mol. The van der Waals surface area contributed by atoms with E-state index in [1.54, 1.807) is 0 Å². The molecule has 0 radical (unpaired) electrons. The molecule has 326 valence electrons. The molecule has 1 amide bonds. The fourth-order valence-corrected chi connectivity index (χ4v) is 7.26. The first-order valence-corrected chi connectivity index (χ1v) is 22.6. The number of unbranched alkanes of at least 4 members (excludes halogenated alkanes) is 23. The summed E-state index contributed by atoms with van der Waals surface area (Å²) in [5, 5.41) is 75.4. The summed E-state index contributed by atoms with van der Waals surface area (Å²) in [5.41, 5.74) is 0. The molecular weight excluding hydrogens is 702 g/mol. The van der Waals surface area contributed by atoms with Gasteiger partial charge in [0.05, 0.1) is 25.4 Å². The second-order valence-corrected chi connectivity index (χ2v) is 16.1. The first-order chi connectivity index (χ1) is 26.7. The highest BCUT2D eigenvalue weighted by Crippen LogP contribution is 2.23. The summed E-state index contributed by atoms with van der Waals surface area (Å²) >= 11 is 0. The fourth-order valence-electron chi connectivity index (χ4n) is 7.26. The molecule has 11 heteroatoms. The van der Waals surface area contributed by atoms with Gasteiger partial charge in [-0.05, 0) is 38.5 Å². The lowest BCUT2D eigenvalue weighted by Gasteiger charge is -2.40. The molecule has 55 heavy (non-hydrogen) atoms. The molecule has 0 spiro atoms. The summed E-state index contributed by atoms with van der Waals surface area (Å²) < 4.78 is 11.0. The standard InChI is InChI=1S/C44H85NO10/c1-3-5-7-9-11-13-15-16-17-18-19-20-21-22-24-26-28-30-32-37(48)43(53)45-35(34-54-44-42(52)41(51)40(50)38(33-46)55-44)39(49)36(47)31-29-27-25-23-14-12-10-8-6-4-2/h23,25,35-42,44,46-52H,3-22,24,26-34H2,1-2H3,(H,45,53)/b25-23+. The van der Waals surface area contributed by atoms with Crippen LogP contribution in [0.15, 0.2) is 12.2 Å². The first kappa shape index (κ1) is 51.9. The Bertz CT molecular complexity index is 908. The van der Waals surface area contributed by atoms with E-state index < -0.39 is 74.2 Å². The van der Waals surface area contributed by atoms with Crippen molar-refractivity contribution in [2.24, 2.45) is 0 Å². The van der Waals surface area contributed by atoms with E-state index in [0.29, 0.717) is 12.8 Å². The zero-order valence-corrected chi connectivity index (χ0v) is 34.9. The highest BCUT2D eigenvalue weighted by atomic mass is 16.7. The maximum Gasteiger partial charge on any atom is 0.249 e. The predicted molar refractivity (Wildman–Crippen MR) is 219 cm³/mol. The number of hydrogen-bond donors (Lipinski definition) is 8. The van der Waals surface area contributed by atoms with E-state index in [9.17, 15) is 40.5 Å². The third-order valence-electron chi connectivity index (χ3n) is 11.1. The number of hydrogen-bond acceptors (Lipinski definition) is 10. The quantitative estimate of drug-likeness (QED) is 0.0243. The Hall–Kier alpha value is -1.15. The maximum atomic E-state index is 13.0. The lowest BCUT2D eigenvalue weighted by molar-refractivity contribution is -0.303. The molecule has 1 heterocycles. The Balaban J connectivity index is 2.43. The Morgan fingerprint density at radius 1 is 0.618 bits per heavy atom. The van der Waals surface area contributed by atoms with E-state index in [0.717, 1.165) is 38.5 Å². The molecule has 0 aliphatic carbocycles. The number of ether oxygens (including phenoxy) is 2. The molecule has 0 saturated carbocycles. The smallest absolute Gasteiger partial charge is 0.249 e. The Morgan fingerprint density at radius 2 is 1.07 bits per heavy atom. The van der Waals surface area contributed by atoms with E-state index in [-0.39, 0.29) is 12.8 Å². The lowest BCUT2D eigenvalue weighted by atomic mass is 9.98. The van der Waals surface area contributed by atoms with Crippen LogP contribution in [0.5, 0.6) is 0 Å². The van der Waals surface area contributed by atoms with Crippen molar-refractivity contribution in [3.8, 4) is 0 Å². The van der Waals surface area contributed by atoms with E-state index in [1.807, 2.05) is 0 Å². The Labute approximate surface area is 334 Å². The second-order valence-electron chi connectivity index (χ2n) is 16.1. The average molecular weight is 788 g/mol. The van der Waals surface area contributed by atoms with Crippen LogP contribution < -0.4 is 5.32 Å². The van der Waals surface area contributed by atoms with Gasteiger partial charge >= 0.3 is 0 Å². The molecule has 0 aromatic heterocycles. The predicted octanol–water partition coefficient (Wildman–Crippen LogP) is 6.89. The van der Waals surface area contributed by atoms with E-state index in [4.69, 9.17) is 9.47 Å². The van der Waals surface area contributed by atoms with Crippen molar-refractivity contribution < 1.29 is 50.0 Å². The molecule has 9 atom stereocenters. The van der Waals surface area contributed by atoms with Crippen LogP contribution in [0, 0.1) is 0 Å². The number of nitrogens with one attached hydrogen (secondary N) is 1. The highest BCUT2D eigenvalue weighted by Gasteiger charge is 2.44. The Kier molecular flexibility index (Phi) is 32.9. The number of aliphatic hydroxyl groups excluding tert-OH is 7. The molecule has 9 unspecified atom stereocenters. The van der Waals surface area contributed by atoms with Gasteiger partial charge in [0.15, 0.2) is 6.29 Å². The van der Waals surface area contributed by atoms with Crippen LogP contribution in [0.2, 0.25) is 0 Å². The van der Waals surface area contributed by atoms with Gasteiger partial charge in [-0.2, -0.15) is 0 Å². The van der Waals surface area contributed by atoms with Crippen molar-refractivity contribution in [2.45, 2.75) is 249 Å². The summed E-state index contributed by atoms with van der Waals surface area (Å²) in [6.45, 7) is 3.39. The SMILES string of the molecule is CCCCCCC/C=C/CCCC(O)C(O)C(COC1OC(CO)C(O)C(O)C1O)NC(=O)C(O)CCCCCCCCCCCCCCCCCCCC. The zero-order valence-electron chi connectivity index (χ0n) is 34.9. The van der Waals surface area contributed by atoms with Crippen molar-refractivity contribution in [1.82, 2.24) is 5.32 Å². The number of amides is 1. The van der Waals surface area contributed by atoms with Crippen LogP contribution in [-0.4, -0.2) is 110 Å². The number of carbonyl (C=O) groups excluding carboxylic acids is 1. The average Bonchev–Trinajstić information content (AvgIpc) is 3.18. The van der Waals surface area contributed by atoms with Crippen molar-refractivity contribution in [3.63, 3.8) is 0 Å². The van der Waals surface area contributed by atoms with E-state index >= 15 is 0 Å². The van der Waals surface area contributed by atoms with Gasteiger partial charge in [-0.3, -0.25) is 4.79 Å². The van der Waals surface area contributed by atoms with Crippen LogP contribution in [0.25, 0.3) is 0 Å². The van der Waals surface area contributed by atoms with Crippen LogP contribution in [0.4, 0.5) is 0 Å². The minimum absolute atomic E-state index is 0.258. The van der Waals surface area contributed by atoms with Crippen LogP contribution in [-0.2, 0) is 14.3 Å². The lowest BCUT2D eigenvalue weighted by Crippen LogP contribution is -2.60. The molecule has 1 saturated heterocycles. The third-order valence-corrected chi connectivity index (χ3v) is 11.1. The van der Waals surface area contributed by atoms with Gasteiger partial charge in [-0.1, -0.05) is 167 Å². The van der Waals surface area contributed by atoms with Crippen molar-refractivity contribution in [3.05, 3.63) is 12.2 Å². The molecule has 1 fully saturated rings. The largest absolute Gasteiger partial charge is 0.394 e. The van der Waals surface area contributed by atoms with Gasteiger partial charge < -0.3 is 50.5 Å². The van der Waals surface area contributed by atoms with Gasteiger partial charge in [0.2, 0.25) is 5.91 Å². The first-order valence-electron chi connectivity index (χ1n) is 22.6. The van der Waals surface area contributed by atoms with E-state index in [1.165, 1.54) is 116 Å². The summed E-state index contributed by atoms with van der Waals surface area (Å²) in [5.74, 6) is -0.706. The summed E-state index contributed by atoms with van der Waals surface area (Å²) in [6.07, 6.45) is 24.2. The number of carbonyl (C=O) groups is 1. The number of aliphatic hydroxyl groups is 7. The van der Waals surface area contributed by atoms with Gasteiger partial charge in [0.1, 0.15) is 36.6 Å². The molecule has 8 N–H and O–H groups in total. The normalized spacial score (nSPS) is 22.5.